The molecular formula is C24H17N3OS. The molecule has 0 aliphatic carbocycles. The number of thiazole rings is 1. The third-order valence-electron chi connectivity index (χ3n) is 4.71. The molecule has 0 fully saturated rings. The summed E-state index contributed by atoms with van der Waals surface area (Å²) < 4.78 is 2.11. The second kappa shape index (κ2) is 7.37. The van der Waals surface area contributed by atoms with Gasteiger partial charge in [-0.25, -0.2) is 9.97 Å². The third-order valence-corrected chi connectivity index (χ3v) is 5.46. The van der Waals surface area contributed by atoms with E-state index in [9.17, 15) is 5.11 Å². The van der Waals surface area contributed by atoms with E-state index in [0.29, 0.717) is 0 Å². The molecule has 5 rings (SSSR count). The topological polar surface area (TPSA) is 50.9 Å². The third kappa shape index (κ3) is 3.22. The number of hydrogen-bond donors (Lipinski definition) is 1. The van der Waals surface area contributed by atoms with Crippen LogP contribution >= 0.6 is 11.3 Å². The molecule has 0 amide bonds. The van der Waals surface area contributed by atoms with Gasteiger partial charge in [0, 0.05) is 28.3 Å². The van der Waals surface area contributed by atoms with Crippen LogP contribution in [0, 0.1) is 0 Å². The molecule has 4 nitrogen and oxygen atoms in total. The van der Waals surface area contributed by atoms with Gasteiger partial charge in [0.2, 0.25) is 0 Å². The standard InChI is InChI=1S/C24H17N3OS/c28-20-13-11-19(12-14-20)23-26-21(17-7-3-1-4-8-17)22(18-9-5-2-6-10-18)27(23)24-25-15-16-29-24/h1-16,28H. The fraction of sp³-hybridized carbons (Fsp3) is 0. The smallest absolute Gasteiger partial charge is 0.195 e. The van der Waals surface area contributed by atoms with Gasteiger partial charge in [-0.05, 0) is 24.3 Å². The minimum atomic E-state index is 0.229. The molecule has 5 heteroatoms. The first-order chi connectivity index (χ1) is 14.3. The molecule has 3 aromatic carbocycles. The van der Waals surface area contributed by atoms with Gasteiger partial charge in [-0.2, -0.15) is 0 Å². The van der Waals surface area contributed by atoms with Crippen LogP contribution in [0.2, 0.25) is 0 Å². The average molecular weight is 395 g/mol. The van der Waals surface area contributed by atoms with Crippen LogP contribution in [0.5, 0.6) is 5.75 Å². The molecule has 2 heterocycles. The van der Waals surface area contributed by atoms with Crippen molar-refractivity contribution in [1.29, 1.82) is 0 Å². The van der Waals surface area contributed by atoms with E-state index < -0.39 is 0 Å². The van der Waals surface area contributed by atoms with Gasteiger partial charge in [-0.15, -0.1) is 11.3 Å². The average Bonchev–Trinajstić information content (AvgIpc) is 3.43. The molecule has 29 heavy (non-hydrogen) atoms. The molecule has 0 saturated heterocycles. The molecule has 2 aromatic heterocycles. The fourth-order valence-electron chi connectivity index (χ4n) is 3.40. The van der Waals surface area contributed by atoms with Crippen molar-refractivity contribution in [2.75, 3.05) is 0 Å². The summed E-state index contributed by atoms with van der Waals surface area (Å²) in [6.07, 6.45) is 1.80. The van der Waals surface area contributed by atoms with Gasteiger partial charge in [0.15, 0.2) is 5.13 Å². The molecule has 140 valence electrons. The first kappa shape index (κ1) is 17.4. The van der Waals surface area contributed by atoms with Crippen LogP contribution in [0.15, 0.2) is 96.5 Å². The van der Waals surface area contributed by atoms with Crippen molar-refractivity contribution in [1.82, 2.24) is 14.5 Å². The van der Waals surface area contributed by atoms with E-state index in [1.807, 2.05) is 53.9 Å². The number of aromatic nitrogens is 3. The molecule has 5 aromatic rings. The first-order valence-electron chi connectivity index (χ1n) is 9.24. The predicted octanol–water partition coefficient (Wildman–Crippen LogP) is 6.04. The highest BCUT2D eigenvalue weighted by molar-refractivity contribution is 7.12. The summed E-state index contributed by atoms with van der Waals surface area (Å²) in [5.74, 6) is 1.02. The monoisotopic (exact) mass is 395 g/mol. The summed E-state index contributed by atoms with van der Waals surface area (Å²) in [6.45, 7) is 0. The van der Waals surface area contributed by atoms with E-state index in [2.05, 4.69) is 33.8 Å². The minimum Gasteiger partial charge on any atom is -0.508 e. The summed E-state index contributed by atoms with van der Waals surface area (Å²) in [5, 5.41) is 12.5. The van der Waals surface area contributed by atoms with Crippen molar-refractivity contribution < 1.29 is 5.11 Å². The maximum atomic E-state index is 9.74. The number of hydrogen-bond acceptors (Lipinski definition) is 4. The van der Waals surface area contributed by atoms with Gasteiger partial charge < -0.3 is 5.11 Å². The Morgan fingerprint density at radius 1 is 0.724 bits per heavy atom. The highest BCUT2D eigenvalue weighted by atomic mass is 32.1. The van der Waals surface area contributed by atoms with Crippen LogP contribution in [0.1, 0.15) is 0 Å². The van der Waals surface area contributed by atoms with Gasteiger partial charge in [-0.1, -0.05) is 60.7 Å². The number of rotatable bonds is 4. The molecule has 0 aliphatic rings. The summed E-state index contributed by atoms with van der Waals surface area (Å²) in [4.78, 5) is 9.64. The summed E-state index contributed by atoms with van der Waals surface area (Å²) in [7, 11) is 0. The lowest BCUT2D eigenvalue weighted by molar-refractivity contribution is 0.475. The van der Waals surface area contributed by atoms with Crippen LogP contribution < -0.4 is 0 Å². The van der Waals surface area contributed by atoms with E-state index in [1.165, 1.54) is 0 Å². The van der Waals surface area contributed by atoms with Gasteiger partial charge in [0.05, 0.1) is 11.4 Å². The van der Waals surface area contributed by atoms with Gasteiger partial charge in [0.1, 0.15) is 11.6 Å². The molecule has 0 aliphatic heterocycles. The Hall–Kier alpha value is -3.70. The van der Waals surface area contributed by atoms with E-state index in [-0.39, 0.29) is 5.75 Å². The molecule has 0 atom stereocenters. The SMILES string of the molecule is Oc1ccc(-c2nc(-c3ccccc3)c(-c3ccccc3)n2-c2nccs2)cc1. The molecule has 0 saturated carbocycles. The first-order valence-corrected chi connectivity index (χ1v) is 10.1. The van der Waals surface area contributed by atoms with Crippen molar-refractivity contribution in [2.45, 2.75) is 0 Å². The minimum absolute atomic E-state index is 0.229. The Morgan fingerprint density at radius 3 is 2.00 bits per heavy atom. The van der Waals surface area contributed by atoms with E-state index in [4.69, 9.17) is 4.98 Å². The Bertz CT molecular complexity index is 1230. The molecule has 0 unspecified atom stereocenters. The van der Waals surface area contributed by atoms with Gasteiger partial charge in [-0.3, -0.25) is 4.57 Å². The maximum Gasteiger partial charge on any atom is 0.195 e. The lowest BCUT2D eigenvalue weighted by Gasteiger charge is -2.10. The lowest BCUT2D eigenvalue weighted by Crippen LogP contribution is -1.99. The van der Waals surface area contributed by atoms with Crippen LogP contribution in [-0.2, 0) is 0 Å². The van der Waals surface area contributed by atoms with Crippen molar-refractivity contribution in [2.24, 2.45) is 0 Å². The number of nitrogens with zero attached hydrogens (tertiary/aromatic N) is 3. The molecule has 0 radical (unpaired) electrons. The number of phenols is 1. The Kier molecular flexibility index (Phi) is 4.42. The Balaban J connectivity index is 1.87. The van der Waals surface area contributed by atoms with Gasteiger partial charge in [0.25, 0.3) is 0 Å². The fourth-order valence-corrected chi connectivity index (χ4v) is 4.04. The van der Waals surface area contributed by atoms with Crippen molar-refractivity contribution in [3.63, 3.8) is 0 Å². The van der Waals surface area contributed by atoms with Crippen molar-refractivity contribution >= 4 is 11.3 Å². The number of aromatic hydroxyl groups is 1. The molecule has 0 spiro atoms. The highest BCUT2D eigenvalue weighted by Gasteiger charge is 2.23. The zero-order valence-corrected chi connectivity index (χ0v) is 16.3. The highest BCUT2D eigenvalue weighted by Crippen LogP contribution is 2.39. The van der Waals surface area contributed by atoms with Crippen LogP contribution in [-0.4, -0.2) is 19.6 Å². The van der Waals surface area contributed by atoms with Gasteiger partial charge >= 0.3 is 0 Å². The number of phenolic OH excluding ortho intramolecular Hbond substituents is 1. The number of benzene rings is 3. The lowest BCUT2D eigenvalue weighted by atomic mass is 10.0. The zero-order chi connectivity index (χ0) is 19.6. The Labute approximate surface area is 172 Å². The molecule has 0 bridgehead atoms. The second-order valence-corrected chi connectivity index (χ2v) is 7.43. The largest absolute Gasteiger partial charge is 0.508 e. The quantitative estimate of drug-likeness (QED) is 0.404. The van der Waals surface area contributed by atoms with E-state index in [1.54, 1.807) is 29.7 Å². The normalized spacial score (nSPS) is 10.9. The van der Waals surface area contributed by atoms with Crippen molar-refractivity contribution in [3.05, 3.63) is 96.5 Å². The van der Waals surface area contributed by atoms with Crippen LogP contribution in [0.3, 0.4) is 0 Å². The summed E-state index contributed by atoms with van der Waals surface area (Å²) >= 11 is 1.57. The summed E-state index contributed by atoms with van der Waals surface area (Å²) in [6, 6.07) is 27.6. The van der Waals surface area contributed by atoms with E-state index >= 15 is 0 Å². The van der Waals surface area contributed by atoms with Crippen LogP contribution in [0.25, 0.3) is 39.0 Å². The summed E-state index contributed by atoms with van der Waals surface area (Å²) in [5.41, 5.74) is 4.92. The molecular weight excluding hydrogens is 378 g/mol. The Morgan fingerprint density at radius 2 is 1.38 bits per heavy atom. The van der Waals surface area contributed by atoms with Crippen molar-refractivity contribution in [3.8, 4) is 44.8 Å². The van der Waals surface area contributed by atoms with Crippen LogP contribution in [0.4, 0.5) is 0 Å². The maximum absolute atomic E-state index is 9.74. The zero-order valence-electron chi connectivity index (χ0n) is 15.4. The van der Waals surface area contributed by atoms with E-state index in [0.717, 1.165) is 39.0 Å². The number of imidazole rings is 1. The molecule has 1 N–H and O–H groups in total. The predicted molar refractivity (Wildman–Crippen MR) is 117 cm³/mol. The second-order valence-electron chi connectivity index (χ2n) is 6.56.